The van der Waals surface area contributed by atoms with Crippen LogP contribution in [0, 0.1) is 0 Å². The summed E-state index contributed by atoms with van der Waals surface area (Å²) in [6.45, 7) is 0.926. The monoisotopic (exact) mass is 451 g/mol. The lowest BCUT2D eigenvalue weighted by Gasteiger charge is -2.55. The number of fused-ring (bicyclic) bond motifs is 1. The van der Waals surface area contributed by atoms with Gasteiger partial charge in [0.2, 0.25) is 5.91 Å². The second-order valence-electron chi connectivity index (χ2n) is 6.87. The fraction of sp³-hybridized carbons (Fsp3) is 0.368. The van der Waals surface area contributed by atoms with Gasteiger partial charge in [-0.1, -0.05) is 12.1 Å². The Hall–Kier alpha value is -3.09. The van der Waals surface area contributed by atoms with Crippen LogP contribution in [0.25, 0.3) is 0 Å². The number of amides is 2. The third-order valence-corrected chi connectivity index (χ3v) is 6.30. The minimum Gasteiger partial charge on any atom is -0.508 e. The van der Waals surface area contributed by atoms with Gasteiger partial charge in [-0.2, -0.15) is 0 Å². The molecule has 0 saturated carbocycles. The first-order valence-corrected chi connectivity index (χ1v) is 10.1. The lowest BCUT2D eigenvalue weighted by atomic mass is 9.97. The van der Waals surface area contributed by atoms with Crippen LogP contribution in [0.4, 0.5) is 0 Å². The molecule has 166 valence electrons. The number of aliphatic carboxylic acids is 1. The van der Waals surface area contributed by atoms with E-state index in [1.165, 1.54) is 38.3 Å². The summed E-state index contributed by atoms with van der Waals surface area (Å²) in [5.74, 6) is -3.29. The number of β-lactam (4-membered cyclic amide) rings is 1. The molecule has 11 nitrogen and oxygen atoms in total. The molecular formula is C19H21N3O8S. The van der Waals surface area contributed by atoms with E-state index in [1.54, 1.807) is 0 Å². The first-order valence-electron chi connectivity index (χ1n) is 9.08. The molecule has 5 N–H and O–H groups in total. The minimum absolute atomic E-state index is 0.00526. The fourth-order valence-corrected chi connectivity index (χ4v) is 4.76. The van der Waals surface area contributed by atoms with Gasteiger partial charge in [-0.25, -0.2) is 4.79 Å². The van der Waals surface area contributed by atoms with Crippen molar-refractivity contribution in [1.82, 2.24) is 10.2 Å². The van der Waals surface area contributed by atoms with Crippen molar-refractivity contribution in [3.05, 3.63) is 41.1 Å². The Bertz CT molecular complexity index is 963. The first kappa shape index (κ1) is 22.6. The molecule has 1 fully saturated rings. The van der Waals surface area contributed by atoms with Crippen LogP contribution in [-0.4, -0.2) is 69.4 Å². The predicted molar refractivity (Wildman–Crippen MR) is 107 cm³/mol. The number of esters is 1. The van der Waals surface area contributed by atoms with E-state index in [4.69, 9.17) is 15.2 Å². The smallest absolute Gasteiger partial charge is 0.352 e. The molecule has 1 unspecified atom stereocenters. The van der Waals surface area contributed by atoms with Gasteiger partial charge in [0, 0.05) is 25.4 Å². The topological polar surface area (TPSA) is 168 Å². The number of methoxy groups -OCH3 is 1. The molecule has 2 aliphatic heterocycles. The summed E-state index contributed by atoms with van der Waals surface area (Å²) in [6.07, 6.45) is 0. The molecule has 12 heteroatoms. The summed E-state index contributed by atoms with van der Waals surface area (Å²) in [6, 6.07) is 4.52. The van der Waals surface area contributed by atoms with Crippen molar-refractivity contribution in [3.63, 3.8) is 0 Å². The number of hydrogen-bond donors (Lipinski definition) is 4. The number of aromatic hydroxyl groups is 1. The molecule has 3 rings (SSSR count). The van der Waals surface area contributed by atoms with Gasteiger partial charge in [0.1, 0.15) is 29.5 Å². The van der Waals surface area contributed by atoms with E-state index in [-0.39, 0.29) is 29.4 Å². The van der Waals surface area contributed by atoms with Crippen LogP contribution in [0.5, 0.6) is 5.75 Å². The lowest BCUT2D eigenvalue weighted by Crippen LogP contribution is -2.81. The number of carbonyl (C=O) groups excluding carboxylic acids is 3. The van der Waals surface area contributed by atoms with E-state index < -0.39 is 40.9 Å². The number of carboxylic acid groups (broad SMARTS) is 1. The lowest BCUT2D eigenvalue weighted by molar-refractivity contribution is -0.192. The van der Waals surface area contributed by atoms with Crippen LogP contribution >= 0.6 is 11.8 Å². The van der Waals surface area contributed by atoms with Gasteiger partial charge in [0.05, 0.1) is 0 Å². The summed E-state index contributed by atoms with van der Waals surface area (Å²) in [5.41, 5.74) is 4.53. The maximum absolute atomic E-state index is 13.0. The Kier molecular flexibility index (Phi) is 6.25. The van der Waals surface area contributed by atoms with Crippen LogP contribution in [0.15, 0.2) is 35.5 Å². The van der Waals surface area contributed by atoms with Crippen molar-refractivity contribution >= 4 is 35.5 Å². The molecule has 1 aromatic rings. The maximum Gasteiger partial charge on any atom is 0.352 e. The van der Waals surface area contributed by atoms with Gasteiger partial charge in [0.15, 0.2) is 0 Å². The Morgan fingerprint density at radius 1 is 1.35 bits per heavy atom. The molecule has 2 heterocycles. The van der Waals surface area contributed by atoms with Gasteiger partial charge in [-0.3, -0.25) is 19.3 Å². The van der Waals surface area contributed by atoms with Crippen LogP contribution in [0.3, 0.4) is 0 Å². The normalized spacial score (nSPS) is 23.5. The number of carbonyl (C=O) groups is 4. The molecule has 0 aliphatic carbocycles. The van der Waals surface area contributed by atoms with Crippen molar-refractivity contribution in [3.8, 4) is 5.75 Å². The number of thioether (sulfide) groups is 1. The van der Waals surface area contributed by atoms with Gasteiger partial charge >= 0.3 is 11.9 Å². The van der Waals surface area contributed by atoms with E-state index in [9.17, 15) is 29.4 Å². The number of nitrogens with one attached hydrogen (secondary N) is 1. The number of ether oxygens (including phenoxy) is 2. The number of rotatable bonds is 7. The number of benzene rings is 1. The first-order chi connectivity index (χ1) is 14.6. The van der Waals surface area contributed by atoms with Gasteiger partial charge in [-0.05, 0) is 17.7 Å². The number of nitrogens with two attached hydrogens (primary N) is 1. The quantitative estimate of drug-likeness (QED) is 0.245. The largest absolute Gasteiger partial charge is 0.508 e. The number of phenolic OH excluding ortho intramolecular Hbond substituents is 1. The van der Waals surface area contributed by atoms with E-state index in [0.717, 1.165) is 16.7 Å². The highest BCUT2D eigenvalue weighted by molar-refractivity contribution is 8.00. The zero-order valence-electron chi connectivity index (χ0n) is 16.7. The third-order valence-electron chi connectivity index (χ3n) is 4.93. The Morgan fingerprint density at radius 2 is 2.00 bits per heavy atom. The zero-order chi connectivity index (χ0) is 22.9. The molecule has 2 amide bonds. The summed E-state index contributed by atoms with van der Waals surface area (Å²) < 4.78 is 10.2. The van der Waals surface area contributed by atoms with Crippen molar-refractivity contribution in [2.75, 3.05) is 19.5 Å². The maximum atomic E-state index is 13.0. The van der Waals surface area contributed by atoms with Crippen molar-refractivity contribution in [1.29, 1.82) is 0 Å². The summed E-state index contributed by atoms with van der Waals surface area (Å²) >= 11 is 1.16. The highest BCUT2D eigenvalue weighted by Gasteiger charge is 2.66. The average molecular weight is 451 g/mol. The van der Waals surface area contributed by atoms with Crippen LogP contribution in [0.2, 0.25) is 0 Å². The molecule has 3 atom stereocenters. The number of phenols is 1. The summed E-state index contributed by atoms with van der Waals surface area (Å²) in [5, 5.41) is 20.7. The molecule has 0 spiro atoms. The molecule has 0 radical (unpaired) electrons. The van der Waals surface area contributed by atoms with E-state index >= 15 is 0 Å². The molecular weight excluding hydrogens is 430 g/mol. The number of carboxylic acids is 1. The highest BCUT2D eigenvalue weighted by Crippen LogP contribution is 2.46. The second kappa shape index (κ2) is 8.57. The Labute approximate surface area is 181 Å². The van der Waals surface area contributed by atoms with E-state index in [1.807, 2.05) is 0 Å². The van der Waals surface area contributed by atoms with Crippen molar-refractivity contribution in [2.24, 2.45) is 5.73 Å². The average Bonchev–Trinajstić information content (AvgIpc) is 2.74. The second-order valence-corrected chi connectivity index (χ2v) is 7.94. The van der Waals surface area contributed by atoms with Crippen molar-refractivity contribution < 1.29 is 38.9 Å². The summed E-state index contributed by atoms with van der Waals surface area (Å²) in [4.78, 5) is 49.6. The molecule has 0 bridgehead atoms. The van der Waals surface area contributed by atoms with Gasteiger partial charge < -0.3 is 30.7 Å². The molecule has 1 saturated heterocycles. The number of hydrogen-bond acceptors (Lipinski definition) is 9. The number of nitrogens with zero attached hydrogens (tertiary/aromatic N) is 1. The molecule has 1 aromatic carbocycles. The van der Waals surface area contributed by atoms with Gasteiger partial charge in [-0.15, -0.1) is 11.8 Å². The van der Waals surface area contributed by atoms with E-state index in [2.05, 4.69) is 5.32 Å². The van der Waals surface area contributed by atoms with Gasteiger partial charge in [0.25, 0.3) is 11.6 Å². The third kappa shape index (κ3) is 3.96. The standard InChI is InChI=1S/C19H21N3O8S/c1-9(23)30-7-11-8-31-18-19(29-2,17(28)22(18)14(11)16(26)27)21-15(25)13(20)10-3-5-12(24)6-4-10/h3-6,13,18,24H,7-8,20H2,1-2H3,(H,21,25)(H,26,27)/t13?,18-,19+/m1/s1. The van der Waals surface area contributed by atoms with Crippen LogP contribution in [0.1, 0.15) is 18.5 Å². The molecule has 2 aliphatic rings. The predicted octanol–water partition coefficient (Wildman–Crippen LogP) is -0.332. The Balaban J connectivity index is 1.83. The van der Waals surface area contributed by atoms with Crippen molar-refractivity contribution in [2.45, 2.75) is 24.1 Å². The van der Waals surface area contributed by atoms with Crippen LogP contribution in [-0.2, 0) is 28.7 Å². The fourth-order valence-electron chi connectivity index (χ4n) is 3.34. The van der Waals surface area contributed by atoms with Crippen LogP contribution < -0.4 is 11.1 Å². The van der Waals surface area contributed by atoms with E-state index in [0.29, 0.717) is 5.56 Å². The minimum atomic E-state index is -1.80. The Morgan fingerprint density at radius 3 is 2.55 bits per heavy atom. The SMILES string of the molecule is CO[C@@]1(NC(=O)C(N)c2ccc(O)cc2)C(=O)N2C(C(=O)O)=C(COC(C)=O)CS[C@@H]21. The molecule has 0 aromatic heterocycles. The zero-order valence-corrected chi connectivity index (χ0v) is 17.5. The highest BCUT2D eigenvalue weighted by atomic mass is 32.2. The summed E-state index contributed by atoms with van der Waals surface area (Å²) in [7, 11) is 1.22. The molecule has 31 heavy (non-hydrogen) atoms.